The Balaban J connectivity index is 2.22. The smallest absolute Gasteiger partial charge is 0.145 e. The predicted octanol–water partition coefficient (Wildman–Crippen LogP) is 5.01. The lowest BCUT2D eigenvalue weighted by atomic mass is 10.2. The maximum Gasteiger partial charge on any atom is 0.145 e. The molecule has 0 atom stereocenters. The van der Waals surface area contributed by atoms with E-state index < -0.39 is 5.82 Å². The molecule has 0 saturated carbocycles. The van der Waals surface area contributed by atoms with Gasteiger partial charge >= 0.3 is 0 Å². The third-order valence-corrected chi connectivity index (χ3v) is 2.79. The van der Waals surface area contributed by atoms with E-state index in [0.29, 0.717) is 17.4 Å². The molecular formula is C13H9Cl2FO. The molecule has 17 heavy (non-hydrogen) atoms. The SMILES string of the molecule is Fc1cc(Oc2cccc(CCl)c2)ccc1Cl. The van der Waals surface area contributed by atoms with E-state index in [2.05, 4.69) is 0 Å². The summed E-state index contributed by atoms with van der Waals surface area (Å²) in [5, 5.41) is 0.0758. The highest BCUT2D eigenvalue weighted by atomic mass is 35.5. The summed E-state index contributed by atoms with van der Waals surface area (Å²) in [6.07, 6.45) is 0. The molecule has 0 N–H and O–H groups in total. The Labute approximate surface area is 109 Å². The molecular weight excluding hydrogens is 262 g/mol. The summed E-state index contributed by atoms with van der Waals surface area (Å²) >= 11 is 11.3. The number of alkyl halides is 1. The topological polar surface area (TPSA) is 9.23 Å². The van der Waals surface area contributed by atoms with Gasteiger partial charge in [0.2, 0.25) is 0 Å². The number of benzene rings is 2. The number of halogens is 3. The van der Waals surface area contributed by atoms with E-state index >= 15 is 0 Å². The van der Waals surface area contributed by atoms with Crippen molar-refractivity contribution in [2.75, 3.05) is 0 Å². The zero-order chi connectivity index (χ0) is 12.3. The van der Waals surface area contributed by atoms with Gasteiger partial charge in [0.15, 0.2) is 0 Å². The maximum atomic E-state index is 13.2. The second-order valence-electron chi connectivity index (χ2n) is 3.46. The molecule has 4 heteroatoms. The monoisotopic (exact) mass is 270 g/mol. The van der Waals surface area contributed by atoms with Gasteiger partial charge in [-0.15, -0.1) is 11.6 Å². The Morgan fingerprint density at radius 1 is 1.06 bits per heavy atom. The molecule has 0 saturated heterocycles. The molecule has 0 bridgehead atoms. The fourth-order valence-corrected chi connectivity index (χ4v) is 1.65. The summed E-state index contributed by atoms with van der Waals surface area (Å²) in [6, 6.07) is 11.6. The summed E-state index contributed by atoms with van der Waals surface area (Å²) in [4.78, 5) is 0. The molecule has 0 radical (unpaired) electrons. The zero-order valence-electron chi connectivity index (χ0n) is 8.79. The average Bonchev–Trinajstić information content (AvgIpc) is 2.34. The Morgan fingerprint density at radius 2 is 1.82 bits per heavy atom. The number of ether oxygens (including phenoxy) is 1. The van der Waals surface area contributed by atoms with Crippen LogP contribution in [-0.4, -0.2) is 0 Å². The molecule has 88 valence electrons. The van der Waals surface area contributed by atoms with Crippen LogP contribution in [0.2, 0.25) is 5.02 Å². The lowest BCUT2D eigenvalue weighted by Crippen LogP contribution is -1.87. The Hall–Kier alpha value is -1.25. The van der Waals surface area contributed by atoms with E-state index in [1.807, 2.05) is 12.1 Å². The van der Waals surface area contributed by atoms with Crippen molar-refractivity contribution in [3.63, 3.8) is 0 Å². The van der Waals surface area contributed by atoms with Gasteiger partial charge in [0.1, 0.15) is 17.3 Å². The van der Waals surface area contributed by atoms with Gasteiger partial charge in [0.25, 0.3) is 0 Å². The van der Waals surface area contributed by atoms with Crippen molar-refractivity contribution in [1.82, 2.24) is 0 Å². The van der Waals surface area contributed by atoms with Crippen LogP contribution in [0, 0.1) is 5.82 Å². The summed E-state index contributed by atoms with van der Waals surface area (Å²) in [5.74, 6) is 0.924. The molecule has 0 aromatic heterocycles. The second-order valence-corrected chi connectivity index (χ2v) is 4.13. The van der Waals surface area contributed by atoms with Gasteiger partial charge in [-0.3, -0.25) is 0 Å². The molecule has 0 aliphatic rings. The molecule has 0 amide bonds. The van der Waals surface area contributed by atoms with Gasteiger partial charge < -0.3 is 4.74 Å². The zero-order valence-corrected chi connectivity index (χ0v) is 10.3. The summed E-state index contributed by atoms with van der Waals surface area (Å²) in [6.45, 7) is 0. The molecule has 0 heterocycles. The summed E-state index contributed by atoms with van der Waals surface area (Å²) in [5.41, 5.74) is 0.943. The first-order chi connectivity index (χ1) is 8.19. The van der Waals surface area contributed by atoms with Crippen molar-refractivity contribution in [3.05, 3.63) is 58.9 Å². The van der Waals surface area contributed by atoms with Crippen LogP contribution in [0.25, 0.3) is 0 Å². The van der Waals surface area contributed by atoms with Crippen molar-refractivity contribution < 1.29 is 9.13 Å². The largest absolute Gasteiger partial charge is 0.457 e. The highest BCUT2D eigenvalue weighted by molar-refractivity contribution is 6.30. The molecule has 1 nitrogen and oxygen atoms in total. The molecule has 0 spiro atoms. The Kier molecular flexibility index (Phi) is 3.87. The summed E-state index contributed by atoms with van der Waals surface area (Å²) in [7, 11) is 0. The van der Waals surface area contributed by atoms with Crippen LogP contribution < -0.4 is 4.74 Å². The van der Waals surface area contributed by atoms with Crippen molar-refractivity contribution in [3.8, 4) is 11.5 Å². The van der Waals surface area contributed by atoms with Gasteiger partial charge in [-0.05, 0) is 29.8 Å². The standard InChI is InChI=1S/C13H9Cl2FO/c14-8-9-2-1-3-10(6-9)17-11-4-5-12(15)13(16)7-11/h1-7H,8H2. The molecule has 2 rings (SSSR count). The normalized spacial score (nSPS) is 10.3. The van der Waals surface area contributed by atoms with E-state index in [9.17, 15) is 4.39 Å². The first-order valence-corrected chi connectivity index (χ1v) is 5.88. The predicted molar refractivity (Wildman–Crippen MR) is 67.5 cm³/mol. The maximum absolute atomic E-state index is 13.2. The van der Waals surface area contributed by atoms with Crippen molar-refractivity contribution in [1.29, 1.82) is 0 Å². The molecule has 2 aromatic carbocycles. The van der Waals surface area contributed by atoms with Crippen molar-refractivity contribution in [2.24, 2.45) is 0 Å². The van der Waals surface area contributed by atoms with Gasteiger partial charge in [-0.25, -0.2) is 4.39 Å². The molecule has 0 fully saturated rings. The quantitative estimate of drug-likeness (QED) is 0.713. The van der Waals surface area contributed by atoms with Crippen LogP contribution >= 0.6 is 23.2 Å². The van der Waals surface area contributed by atoms with E-state index in [1.165, 1.54) is 12.1 Å². The molecule has 0 aliphatic carbocycles. The average molecular weight is 271 g/mol. The van der Waals surface area contributed by atoms with E-state index in [1.54, 1.807) is 18.2 Å². The van der Waals surface area contributed by atoms with Gasteiger partial charge in [-0.1, -0.05) is 23.7 Å². The minimum absolute atomic E-state index is 0.0758. The van der Waals surface area contributed by atoms with Crippen molar-refractivity contribution >= 4 is 23.2 Å². The number of hydrogen-bond acceptors (Lipinski definition) is 1. The molecule has 0 unspecified atom stereocenters. The first kappa shape index (κ1) is 12.2. The van der Waals surface area contributed by atoms with Crippen LogP contribution in [0.1, 0.15) is 5.56 Å². The highest BCUT2D eigenvalue weighted by Crippen LogP contribution is 2.26. The van der Waals surface area contributed by atoms with E-state index in [0.717, 1.165) is 5.56 Å². The minimum Gasteiger partial charge on any atom is -0.457 e. The first-order valence-electron chi connectivity index (χ1n) is 4.97. The summed E-state index contributed by atoms with van der Waals surface area (Å²) < 4.78 is 18.7. The van der Waals surface area contributed by atoms with Gasteiger partial charge in [0, 0.05) is 11.9 Å². The van der Waals surface area contributed by atoms with Crippen LogP contribution in [0.15, 0.2) is 42.5 Å². The van der Waals surface area contributed by atoms with Crippen LogP contribution in [-0.2, 0) is 5.88 Å². The van der Waals surface area contributed by atoms with Gasteiger partial charge in [-0.2, -0.15) is 0 Å². The van der Waals surface area contributed by atoms with Crippen LogP contribution in [0.3, 0.4) is 0 Å². The number of hydrogen-bond donors (Lipinski definition) is 0. The van der Waals surface area contributed by atoms with Gasteiger partial charge in [0.05, 0.1) is 5.02 Å². The number of rotatable bonds is 3. The van der Waals surface area contributed by atoms with Crippen LogP contribution in [0.5, 0.6) is 11.5 Å². The fraction of sp³-hybridized carbons (Fsp3) is 0.0769. The Bertz CT molecular complexity index is 529. The Morgan fingerprint density at radius 3 is 2.53 bits per heavy atom. The lowest BCUT2D eigenvalue weighted by molar-refractivity contribution is 0.476. The van der Waals surface area contributed by atoms with E-state index in [-0.39, 0.29) is 5.02 Å². The third kappa shape index (κ3) is 3.11. The fourth-order valence-electron chi connectivity index (χ4n) is 1.37. The molecule has 2 aromatic rings. The van der Waals surface area contributed by atoms with Crippen molar-refractivity contribution in [2.45, 2.75) is 5.88 Å². The minimum atomic E-state index is -0.502. The molecule has 0 aliphatic heterocycles. The van der Waals surface area contributed by atoms with Crippen LogP contribution in [0.4, 0.5) is 4.39 Å². The second kappa shape index (κ2) is 5.39. The third-order valence-electron chi connectivity index (χ3n) is 2.18. The van der Waals surface area contributed by atoms with E-state index in [4.69, 9.17) is 27.9 Å². The lowest BCUT2D eigenvalue weighted by Gasteiger charge is -2.07. The highest BCUT2D eigenvalue weighted by Gasteiger charge is 2.03.